The molecule has 1 N–H and O–H groups in total. The normalized spacial score (nSPS) is 19.7. The van der Waals surface area contributed by atoms with Crippen molar-refractivity contribution in [2.75, 3.05) is 13.1 Å². The van der Waals surface area contributed by atoms with Gasteiger partial charge in [0.15, 0.2) is 11.6 Å². The van der Waals surface area contributed by atoms with Crippen LogP contribution >= 0.6 is 0 Å². The maximum absolute atomic E-state index is 13.3. The van der Waals surface area contributed by atoms with E-state index in [1.54, 1.807) is 0 Å². The molecule has 0 unspecified atom stereocenters. The van der Waals surface area contributed by atoms with Crippen LogP contribution in [0.25, 0.3) is 0 Å². The number of benzene rings is 1. The molecule has 1 fully saturated rings. The molecule has 0 radical (unpaired) electrons. The van der Waals surface area contributed by atoms with E-state index >= 15 is 0 Å². The lowest BCUT2D eigenvalue weighted by atomic mass is 10.1. The summed E-state index contributed by atoms with van der Waals surface area (Å²) >= 11 is 0. The Hall–Kier alpha value is -1.49. The van der Waals surface area contributed by atoms with Gasteiger partial charge in [-0.15, -0.1) is 0 Å². The fraction of sp³-hybridized carbons (Fsp3) is 0.417. The van der Waals surface area contributed by atoms with Crippen LogP contribution in [0.15, 0.2) is 18.2 Å². The van der Waals surface area contributed by atoms with Crippen LogP contribution in [0.5, 0.6) is 0 Å². The highest BCUT2D eigenvalue weighted by Gasteiger charge is 2.25. The second kappa shape index (κ2) is 4.79. The monoisotopic (exact) mass is 241 g/mol. The average Bonchev–Trinajstić information content (AvgIpc) is 2.72. The van der Waals surface area contributed by atoms with E-state index in [1.165, 1.54) is 17.0 Å². The molecule has 17 heavy (non-hydrogen) atoms. The van der Waals surface area contributed by atoms with Gasteiger partial charge in [-0.3, -0.25) is 4.79 Å². The Kier molecular flexibility index (Phi) is 3.38. The Balaban J connectivity index is 2.06. The number of carbonyl (C=O) groups excluding carboxylic acids is 1. The number of aliphatic hydroxyl groups excluding tert-OH is 1. The lowest BCUT2D eigenvalue weighted by Gasteiger charge is -2.15. The first-order valence-electron chi connectivity index (χ1n) is 5.46. The zero-order chi connectivity index (χ0) is 12.4. The molecular formula is C12H13F2NO2. The van der Waals surface area contributed by atoms with Gasteiger partial charge >= 0.3 is 0 Å². The molecule has 1 amide bonds. The smallest absolute Gasteiger partial charge is 0.227 e. The summed E-state index contributed by atoms with van der Waals surface area (Å²) in [5, 5.41) is 9.29. The molecule has 1 saturated heterocycles. The van der Waals surface area contributed by atoms with Gasteiger partial charge in [-0.2, -0.15) is 0 Å². The molecule has 2 rings (SSSR count). The zero-order valence-electron chi connectivity index (χ0n) is 9.20. The third-order valence-electron chi connectivity index (χ3n) is 2.89. The van der Waals surface area contributed by atoms with Gasteiger partial charge in [0.1, 0.15) is 0 Å². The van der Waals surface area contributed by atoms with Gasteiger partial charge in [-0.1, -0.05) is 12.1 Å². The van der Waals surface area contributed by atoms with Crippen molar-refractivity contribution in [3.63, 3.8) is 0 Å². The Bertz CT molecular complexity index is 437. The minimum absolute atomic E-state index is 0.0522. The number of β-amino-alcohol motifs (C(OH)–C–C–N with tert-alkyl or cyclic N) is 1. The molecular weight excluding hydrogens is 228 g/mol. The predicted octanol–water partition coefficient (Wildman–Crippen LogP) is 1.10. The summed E-state index contributed by atoms with van der Waals surface area (Å²) in [5.74, 6) is -2.21. The van der Waals surface area contributed by atoms with E-state index < -0.39 is 17.7 Å². The Morgan fingerprint density at radius 1 is 1.47 bits per heavy atom. The molecule has 1 aromatic rings. The van der Waals surface area contributed by atoms with E-state index in [9.17, 15) is 18.7 Å². The van der Waals surface area contributed by atoms with Crippen LogP contribution in [0, 0.1) is 11.6 Å². The van der Waals surface area contributed by atoms with E-state index in [2.05, 4.69) is 0 Å². The number of aliphatic hydroxyl groups is 1. The highest BCUT2D eigenvalue weighted by Crippen LogP contribution is 2.15. The van der Waals surface area contributed by atoms with E-state index in [1.807, 2.05) is 0 Å². The van der Waals surface area contributed by atoms with E-state index in [0.29, 0.717) is 13.0 Å². The molecule has 0 saturated carbocycles. The van der Waals surface area contributed by atoms with E-state index in [-0.39, 0.29) is 24.4 Å². The number of likely N-dealkylation sites (tertiary alicyclic amines) is 1. The average molecular weight is 241 g/mol. The zero-order valence-corrected chi connectivity index (χ0v) is 9.20. The van der Waals surface area contributed by atoms with Crippen LogP contribution in [-0.2, 0) is 11.2 Å². The second-order valence-corrected chi connectivity index (χ2v) is 4.17. The van der Waals surface area contributed by atoms with E-state index in [4.69, 9.17) is 0 Å². The fourth-order valence-electron chi connectivity index (χ4n) is 1.93. The maximum atomic E-state index is 13.3. The minimum atomic E-state index is -0.972. The summed E-state index contributed by atoms with van der Waals surface area (Å²) in [7, 11) is 0. The van der Waals surface area contributed by atoms with Crippen LogP contribution in [0.2, 0.25) is 0 Å². The predicted molar refractivity (Wildman–Crippen MR) is 57.3 cm³/mol. The standard InChI is InChI=1S/C12H13F2NO2/c13-10-3-1-2-8(12(10)14)6-11(17)15-5-4-9(16)7-15/h1-3,9,16H,4-7H2/t9-/m0/s1. The van der Waals surface area contributed by atoms with Crippen molar-refractivity contribution in [3.05, 3.63) is 35.4 Å². The summed E-state index contributed by atoms with van der Waals surface area (Å²) in [6, 6.07) is 3.78. The number of amides is 1. The molecule has 92 valence electrons. The van der Waals surface area contributed by atoms with Crippen molar-refractivity contribution < 1.29 is 18.7 Å². The van der Waals surface area contributed by atoms with Gasteiger partial charge in [0.05, 0.1) is 12.5 Å². The van der Waals surface area contributed by atoms with Crippen LogP contribution in [0.3, 0.4) is 0 Å². The van der Waals surface area contributed by atoms with Crippen LogP contribution in [0.1, 0.15) is 12.0 Å². The Morgan fingerprint density at radius 3 is 2.88 bits per heavy atom. The van der Waals surface area contributed by atoms with Crippen LogP contribution in [-0.4, -0.2) is 35.1 Å². The molecule has 1 heterocycles. The largest absolute Gasteiger partial charge is 0.391 e. The summed E-state index contributed by atoms with van der Waals surface area (Å²) in [5.41, 5.74) is 0.0522. The number of hydrogen-bond donors (Lipinski definition) is 1. The summed E-state index contributed by atoms with van der Waals surface area (Å²) in [4.78, 5) is 13.2. The molecule has 0 bridgehead atoms. The first kappa shape index (κ1) is 12.0. The topological polar surface area (TPSA) is 40.5 Å². The number of rotatable bonds is 2. The Labute approximate surface area is 97.7 Å². The third kappa shape index (κ3) is 2.61. The quantitative estimate of drug-likeness (QED) is 0.842. The molecule has 1 atom stereocenters. The lowest BCUT2D eigenvalue weighted by Crippen LogP contribution is -2.31. The number of hydrogen-bond acceptors (Lipinski definition) is 2. The van der Waals surface area contributed by atoms with Crippen molar-refractivity contribution >= 4 is 5.91 Å². The van der Waals surface area contributed by atoms with Crippen molar-refractivity contribution in [1.29, 1.82) is 0 Å². The highest BCUT2D eigenvalue weighted by atomic mass is 19.2. The van der Waals surface area contributed by atoms with Gasteiger partial charge in [-0.05, 0) is 12.5 Å². The van der Waals surface area contributed by atoms with Crippen molar-refractivity contribution in [3.8, 4) is 0 Å². The molecule has 0 aliphatic carbocycles. The Morgan fingerprint density at radius 2 is 2.24 bits per heavy atom. The molecule has 5 heteroatoms. The highest BCUT2D eigenvalue weighted by molar-refractivity contribution is 5.79. The summed E-state index contributed by atoms with van der Waals surface area (Å²) < 4.78 is 26.3. The van der Waals surface area contributed by atoms with Crippen molar-refractivity contribution in [1.82, 2.24) is 4.90 Å². The first-order chi connectivity index (χ1) is 8.08. The molecule has 0 spiro atoms. The SMILES string of the molecule is O=C(Cc1cccc(F)c1F)N1CC[C@H](O)C1. The number of carbonyl (C=O) groups is 1. The third-order valence-corrected chi connectivity index (χ3v) is 2.89. The summed E-state index contributed by atoms with van der Waals surface area (Å²) in [6.07, 6.45) is -0.135. The van der Waals surface area contributed by atoms with Crippen molar-refractivity contribution in [2.24, 2.45) is 0 Å². The van der Waals surface area contributed by atoms with Crippen molar-refractivity contribution in [2.45, 2.75) is 18.9 Å². The molecule has 0 aromatic heterocycles. The van der Waals surface area contributed by atoms with Gasteiger partial charge in [0, 0.05) is 18.7 Å². The van der Waals surface area contributed by atoms with E-state index in [0.717, 1.165) is 6.07 Å². The van der Waals surface area contributed by atoms with Gasteiger partial charge in [-0.25, -0.2) is 8.78 Å². The van der Waals surface area contributed by atoms with Gasteiger partial charge in [0.2, 0.25) is 5.91 Å². The molecule has 3 nitrogen and oxygen atoms in total. The minimum Gasteiger partial charge on any atom is -0.391 e. The van der Waals surface area contributed by atoms with Crippen LogP contribution < -0.4 is 0 Å². The molecule has 1 aliphatic rings. The fourth-order valence-corrected chi connectivity index (χ4v) is 1.93. The summed E-state index contributed by atoms with van der Waals surface area (Å²) in [6.45, 7) is 0.743. The number of halogens is 2. The van der Waals surface area contributed by atoms with Gasteiger partial charge < -0.3 is 10.0 Å². The maximum Gasteiger partial charge on any atom is 0.227 e. The lowest BCUT2D eigenvalue weighted by molar-refractivity contribution is -0.129. The second-order valence-electron chi connectivity index (χ2n) is 4.17. The number of nitrogens with zero attached hydrogens (tertiary/aromatic N) is 1. The first-order valence-corrected chi connectivity index (χ1v) is 5.46. The van der Waals surface area contributed by atoms with Gasteiger partial charge in [0.25, 0.3) is 0 Å². The molecule has 1 aliphatic heterocycles. The van der Waals surface area contributed by atoms with Crippen LogP contribution in [0.4, 0.5) is 8.78 Å². The molecule has 1 aromatic carbocycles.